The van der Waals surface area contributed by atoms with Gasteiger partial charge in [0.05, 0.1) is 51.1 Å². The van der Waals surface area contributed by atoms with Crippen LogP contribution < -0.4 is 4.74 Å². The summed E-state index contributed by atoms with van der Waals surface area (Å²) in [5.74, 6) is 0.860. The van der Waals surface area contributed by atoms with Gasteiger partial charge in [0.25, 0.3) is 10.1 Å². The third-order valence-electron chi connectivity index (χ3n) is 5.48. The maximum atomic E-state index is 12.0. The van der Waals surface area contributed by atoms with Crippen molar-refractivity contribution in [3.8, 4) is 5.75 Å². The van der Waals surface area contributed by atoms with Gasteiger partial charge in [0.1, 0.15) is 12.4 Å². The molecular formula is C28H42O7S. The van der Waals surface area contributed by atoms with Crippen LogP contribution >= 0.6 is 0 Å². The van der Waals surface area contributed by atoms with Crippen LogP contribution in [0.1, 0.15) is 51.0 Å². The number of hydrogen-bond acceptors (Lipinski definition) is 7. The third kappa shape index (κ3) is 13.9. The Morgan fingerprint density at radius 2 is 1.17 bits per heavy atom. The van der Waals surface area contributed by atoms with E-state index in [1.807, 2.05) is 12.1 Å². The number of unbranched alkanes of at least 4 members (excludes halogenated alkanes) is 5. The van der Waals surface area contributed by atoms with Crippen molar-refractivity contribution in [1.82, 2.24) is 0 Å². The average molecular weight is 523 g/mol. The van der Waals surface area contributed by atoms with Crippen molar-refractivity contribution in [2.24, 2.45) is 0 Å². The zero-order chi connectivity index (χ0) is 25.7. The molecule has 0 bridgehead atoms. The highest BCUT2D eigenvalue weighted by molar-refractivity contribution is 7.86. The Bertz CT molecular complexity index is 886. The van der Waals surface area contributed by atoms with Gasteiger partial charge < -0.3 is 18.9 Å². The van der Waals surface area contributed by atoms with Gasteiger partial charge in [-0.1, -0.05) is 69.4 Å². The van der Waals surface area contributed by atoms with Crippen LogP contribution in [-0.4, -0.2) is 61.3 Å². The monoisotopic (exact) mass is 522 g/mol. The summed E-state index contributed by atoms with van der Waals surface area (Å²) in [4.78, 5) is 0.135. The minimum atomic E-state index is -3.74. The fourth-order valence-electron chi connectivity index (χ4n) is 3.48. The predicted molar refractivity (Wildman–Crippen MR) is 141 cm³/mol. The molecule has 2 aromatic carbocycles. The molecule has 2 rings (SSSR count). The van der Waals surface area contributed by atoms with E-state index in [1.165, 1.54) is 56.2 Å². The van der Waals surface area contributed by atoms with Crippen LogP contribution in [0.4, 0.5) is 0 Å². The number of benzene rings is 2. The van der Waals surface area contributed by atoms with Crippen LogP contribution in [0.25, 0.3) is 0 Å². The van der Waals surface area contributed by atoms with Crippen LogP contribution in [-0.2, 0) is 34.9 Å². The third-order valence-corrected chi connectivity index (χ3v) is 6.81. The molecule has 0 N–H and O–H groups in total. The first-order chi connectivity index (χ1) is 17.6. The second-order valence-corrected chi connectivity index (χ2v) is 10.1. The maximum Gasteiger partial charge on any atom is 0.297 e. The highest BCUT2D eigenvalue weighted by Gasteiger charge is 2.13. The summed E-state index contributed by atoms with van der Waals surface area (Å²) in [7, 11) is -3.74. The van der Waals surface area contributed by atoms with Gasteiger partial charge in [-0.05, 0) is 42.7 Å². The molecule has 36 heavy (non-hydrogen) atoms. The zero-order valence-electron chi connectivity index (χ0n) is 21.6. The lowest BCUT2D eigenvalue weighted by Crippen LogP contribution is -2.15. The lowest BCUT2D eigenvalue weighted by molar-refractivity contribution is 0.00528. The molecule has 0 aromatic heterocycles. The van der Waals surface area contributed by atoms with Crippen LogP contribution in [0.15, 0.2) is 59.5 Å². The fourth-order valence-corrected chi connectivity index (χ4v) is 4.39. The van der Waals surface area contributed by atoms with E-state index < -0.39 is 10.1 Å². The maximum absolute atomic E-state index is 12.0. The Hall–Kier alpha value is -1.97. The molecule has 202 valence electrons. The summed E-state index contributed by atoms with van der Waals surface area (Å²) < 4.78 is 50.9. The second-order valence-electron chi connectivity index (χ2n) is 8.44. The molecule has 0 spiro atoms. The van der Waals surface area contributed by atoms with Crippen LogP contribution in [0.3, 0.4) is 0 Å². The first-order valence-corrected chi connectivity index (χ1v) is 14.4. The van der Waals surface area contributed by atoms with Crippen LogP contribution in [0, 0.1) is 0 Å². The lowest BCUT2D eigenvalue weighted by Gasteiger charge is -2.09. The molecule has 7 nitrogen and oxygen atoms in total. The molecule has 0 amide bonds. The highest BCUT2D eigenvalue weighted by atomic mass is 32.2. The van der Waals surface area contributed by atoms with Gasteiger partial charge in [-0.2, -0.15) is 8.42 Å². The van der Waals surface area contributed by atoms with E-state index in [9.17, 15) is 8.42 Å². The summed E-state index contributed by atoms with van der Waals surface area (Å²) >= 11 is 0. The zero-order valence-corrected chi connectivity index (χ0v) is 22.4. The largest absolute Gasteiger partial charge is 0.491 e. The molecule has 0 atom stereocenters. The second kappa shape index (κ2) is 19.2. The normalized spacial score (nSPS) is 11.6. The predicted octanol–water partition coefficient (Wildman–Crippen LogP) is 5.42. The van der Waals surface area contributed by atoms with Crippen molar-refractivity contribution < 1.29 is 31.5 Å². The Balaban J connectivity index is 1.37. The van der Waals surface area contributed by atoms with Gasteiger partial charge in [0, 0.05) is 0 Å². The van der Waals surface area contributed by atoms with Gasteiger partial charge in [0.15, 0.2) is 0 Å². The molecule has 8 heteroatoms. The van der Waals surface area contributed by atoms with Crippen molar-refractivity contribution >= 4 is 10.1 Å². The van der Waals surface area contributed by atoms with E-state index in [0.29, 0.717) is 39.6 Å². The van der Waals surface area contributed by atoms with Gasteiger partial charge in [-0.15, -0.1) is 0 Å². The summed E-state index contributed by atoms with van der Waals surface area (Å²) in [6, 6.07) is 16.4. The molecule has 0 radical (unpaired) electrons. The molecule has 0 fully saturated rings. The Morgan fingerprint density at radius 1 is 0.611 bits per heavy atom. The van der Waals surface area contributed by atoms with E-state index in [0.717, 1.165) is 12.2 Å². The molecule has 0 saturated carbocycles. The van der Waals surface area contributed by atoms with Crippen molar-refractivity contribution in [1.29, 1.82) is 0 Å². The molecule has 0 aliphatic heterocycles. The van der Waals surface area contributed by atoms with Gasteiger partial charge >= 0.3 is 0 Å². The fraction of sp³-hybridized carbons (Fsp3) is 0.571. The number of ether oxygens (including phenoxy) is 4. The minimum absolute atomic E-state index is 0.0395. The number of hydrogen-bond donors (Lipinski definition) is 0. The van der Waals surface area contributed by atoms with Crippen molar-refractivity contribution in [2.45, 2.75) is 56.8 Å². The van der Waals surface area contributed by atoms with Crippen molar-refractivity contribution in [2.75, 3.05) is 52.9 Å². The first kappa shape index (κ1) is 30.3. The molecule has 0 saturated heterocycles. The van der Waals surface area contributed by atoms with Crippen LogP contribution in [0.5, 0.6) is 5.75 Å². The smallest absolute Gasteiger partial charge is 0.297 e. The van der Waals surface area contributed by atoms with E-state index in [4.69, 9.17) is 23.1 Å². The van der Waals surface area contributed by atoms with Crippen molar-refractivity contribution in [3.63, 3.8) is 0 Å². The number of rotatable bonds is 22. The Morgan fingerprint density at radius 3 is 1.81 bits per heavy atom. The van der Waals surface area contributed by atoms with Crippen molar-refractivity contribution in [3.05, 3.63) is 60.2 Å². The quantitative estimate of drug-likeness (QED) is 0.151. The highest BCUT2D eigenvalue weighted by Crippen LogP contribution is 2.15. The van der Waals surface area contributed by atoms with E-state index >= 15 is 0 Å². The van der Waals surface area contributed by atoms with E-state index in [-0.39, 0.29) is 18.1 Å². The summed E-state index contributed by atoms with van der Waals surface area (Å²) in [5, 5.41) is 0. The molecule has 0 aliphatic carbocycles. The summed E-state index contributed by atoms with van der Waals surface area (Å²) in [6.07, 6.45) is 9.02. The summed E-state index contributed by atoms with van der Waals surface area (Å²) in [6.45, 7) is 5.04. The van der Waals surface area contributed by atoms with Crippen LogP contribution in [0.2, 0.25) is 0 Å². The minimum Gasteiger partial charge on any atom is -0.491 e. The first-order valence-electron chi connectivity index (χ1n) is 13.0. The van der Waals surface area contributed by atoms with Gasteiger partial charge in [0.2, 0.25) is 0 Å². The molecule has 0 unspecified atom stereocenters. The Kier molecular flexibility index (Phi) is 16.1. The molecule has 0 heterocycles. The van der Waals surface area contributed by atoms with E-state index in [2.05, 4.69) is 19.1 Å². The summed E-state index contributed by atoms with van der Waals surface area (Å²) in [5.41, 5.74) is 1.36. The Labute approximate surface area is 217 Å². The average Bonchev–Trinajstić information content (AvgIpc) is 2.90. The topological polar surface area (TPSA) is 80.3 Å². The van der Waals surface area contributed by atoms with E-state index in [1.54, 1.807) is 18.2 Å². The molecule has 0 aliphatic rings. The number of aryl methyl sites for hydroxylation is 1. The van der Waals surface area contributed by atoms with Gasteiger partial charge in [-0.3, -0.25) is 4.18 Å². The lowest BCUT2D eigenvalue weighted by atomic mass is 10.0. The standard InChI is InChI=1S/C28H42O7S/c1-2-3-4-5-6-8-11-26-14-16-27(17-15-26)34-24-22-32-20-18-31-19-21-33-23-25-35-36(29,30)28-12-9-7-10-13-28/h7,9-10,12-17H,2-6,8,11,18-25H2,1H3. The SMILES string of the molecule is CCCCCCCCc1ccc(OCCOCCOCCOCCOS(=O)(=O)c2ccccc2)cc1. The molecule has 2 aromatic rings. The van der Waals surface area contributed by atoms with Gasteiger partial charge in [-0.25, -0.2) is 0 Å². The molecular weight excluding hydrogens is 480 g/mol.